The second-order valence-corrected chi connectivity index (χ2v) is 5.34. The summed E-state index contributed by atoms with van der Waals surface area (Å²) in [4.78, 5) is 1.92. The molecule has 5 atom stereocenters. The Balaban J connectivity index is 2.29. The van der Waals surface area contributed by atoms with E-state index in [9.17, 15) is 20.4 Å². The minimum Gasteiger partial charge on any atom is -0.396 e. The van der Waals surface area contributed by atoms with Crippen molar-refractivity contribution in [2.75, 3.05) is 13.2 Å². The fraction of sp³-hybridized carbons (Fsp3) is 0.600. The fourth-order valence-electron chi connectivity index (χ4n) is 3.19. The molecule has 0 unspecified atom stereocenters. The number of aliphatic hydroxyl groups is 4. The smallest absolute Gasteiger partial charge is 0.0991 e. The van der Waals surface area contributed by atoms with Crippen LogP contribution in [-0.2, 0) is 0 Å². The lowest BCUT2D eigenvalue weighted by Crippen LogP contribution is -2.43. The first-order valence-corrected chi connectivity index (χ1v) is 7.02. The van der Waals surface area contributed by atoms with Crippen LogP contribution in [0.4, 0.5) is 0 Å². The van der Waals surface area contributed by atoms with Gasteiger partial charge in [-0.1, -0.05) is 30.3 Å². The maximum absolute atomic E-state index is 10.1. The van der Waals surface area contributed by atoms with Gasteiger partial charge in [0, 0.05) is 18.7 Å². The van der Waals surface area contributed by atoms with Crippen LogP contribution in [0.1, 0.15) is 24.9 Å². The molecule has 2 rings (SSSR count). The van der Waals surface area contributed by atoms with Crippen molar-refractivity contribution in [1.82, 2.24) is 4.90 Å². The van der Waals surface area contributed by atoms with Crippen molar-refractivity contribution in [3.63, 3.8) is 0 Å². The molecule has 1 aromatic carbocycles. The maximum Gasteiger partial charge on any atom is 0.0991 e. The average molecular weight is 281 g/mol. The number of nitrogens with zero attached hydrogens (tertiary/aromatic N) is 1. The zero-order valence-electron chi connectivity index (χ0n) is 11.6. The Bertz CT molecular complexity index is 414. The largest absolute Gasteiger partial charge is 0.396 e. The molecule has 0 bridgehead atoms. The van der Waals surface area contributed by atoms with Crippen molar-refractivity contribution < 1.29 is 20.4 Å². The van der Waals surface area contributed by atoms with Crippen LogP contribution in [0.3, 0.4) is 0 Å². The zero-order valence-corrected chi connectivity index (χ0v) is 11.6. The summed E-state index contributed by atoms with van der Waals surface area (Å²) in [5, 5.41) is 38.9. The molecule has 5 heteroatoms. The Kier molecular flexibility index (Phi) is 5.12. The quantitative estimate of drug-likeness (QED) is 0.605. The van der Waals surface area contributed by atoms with Gasteiger partial charge in [0.15, 0.2) is 0 Å². The molecule has 0 aliphatic carbocycles. The van der Waals surface area contributed by atoms with Crippen molar-refractivity contribution in [2.45, 2.75) is 43.7 Å². The summed E-state index contributed by atoms with van der Waals surface area (Å²) in [5.74, 6) is 0. The van der Waals surface area contributed by atoms with E-state index in [1.807, 2.05) is 42.2 Å². The Morgan fingerprint density at radius 1 is 1.05 bits per heavy atom. The van der Waals surface area contributed by atoms with E-state index in [1.54, 1.807) is 0 Å². The third-order valence-electron chi connectivity index (χ3n) is 4.25. The third kappa shape index (κ3) is 2.73. The zero-order chi connectivity index (χ0) is 14.7. The van der Waals surface area contributed by atoms with Gasteiger partial charge in [-0.2, -0.15) is 0 Å². The molecule has 0 radical (unpaired) electrons. The highest BCUT2D eigenvalue weighted by molar-refractivity contribution is 5.20. The highest BCUT2D eigenvalue weighted by Crippen LogP contribution is 2.35. The molecule has 5 nitrogen and oxygen atoms in total. The topological polar surface area (TPSA) is 84.2 Å². The number of rotatable bonds is 5. The number of hydrogen-bond donors (Lipinski definition) is 4. The van der Waals surface area contributed by atoms with E-state index in [2.05, 4.69) is 0 Å². The summed E-state index contributed by atoms with van der Waals surface area (Å²) in [6.45, 7) is 1.69. The van der Waals surface area contributed by atoms with Crippen molar-refractivity contribution in [2.24, 2.45) is 0 Å². The minimum atomic E-state index is -0.997. The first-order chi connectivity index (χ1) is 9.61. The van der Waals surface area contributed by atoms with Crippen LogP contribution in [0.25, 0.3) is 0 Å². The van der Waals surface area contributed by atoms with Gasteiger partial charge < -0.3 is 20.4 Å². The van der Waals surface area contributed by atoms with E-state index in [4.69, 9.17) is 0 Å². The number of aliphatic hydroxyl groups excluding tert-OH is 4. The van der Waals surface area contributed by atoms with E-state index in [0.29, 0.717) is 6.42 Å². The summed E-state index contributed by atoms with van der Waals surface area (Å²) < 4.78 is 0. The van der Waals surface area contributed by atoms with E-state index in [1.165, 1.54) is 0 Å². The minimum absolute atomic E-state index is 0.0586. The Labute approximate surface area is 119 Å². The predicted molar refractivity (Wildman–Crippen MR) is 75.1 cm³/mol. The molecule has 1 saturated heterocycles. The lowest BCUT2D eigenvalue weighted by molar-refractivity contribution is 0.0157. The monoisotopic (exact) mass is 281 g/mol. The number of likely N-dealkylation sites (tertiary alicyclic amines) is 1. The number of benzene rings is 1. The lowest BCUT2D eigenvalue weighted by Gasteiger charge is -2.35. The summed E-state index contributed by atoms with van der Waals surface area (Å²) in [5.41, 5.74) is 1.05. The van der Waals surface area contributed by atoms with Crippen LogP contribution < -0.4 is 0 Å². The van der Waals surface area contributed by atoms with Gasteiger partial charge in [0.1, 0.15) is 0 Å². The van der Waals surface area contributed by atoms with Gasteiger partial charge in [-0.3, -0.25) is 4.90 Å². The van der Waals surface area contributed by atoms with Gasteiger partial charge >= 0.3 is 0 Å². The molecule has 0 aromatic heterocycles. The molecule has 112 valence electrons. The Morgan fingerprint density at radius 3 is 2.20 bits per heavy atom. The molecule has 0 spiro atoms. The van der Waals surface area contributed by atoms with Crippen LogP contribution in [0, 0.1) is 0 Å². The van der Waals surface area contributed by atoms with Gasteiger partial charge in [0.05, 0.1) is 24.9 Å². The van der Waals surface area contributed by atoms with Crippen LogP contribution in [-0.4, -0.2) is 62.8 Å². The average Bonchev–Trinajstić information content (AvgIpc) is 2.72. The summed E-state index contributed by atoms with van der Waals surface area (Å²) in [6.07, 6.45) is -1.58. The van der Waals surface area contributed by atoms with Crippen LogP contribution in [0.5, 0.6) is 0 Å². The first-order valence-electron chi connectivity index (χ1n) is 7.02. The predicted octanol–water partition coefficient (Wildman–Crippen LogP) is -0.103. The van der Waals surface area contributed by atoms with Crippen LogP contribution in [0.15, 0.2) is 30.3 Å². The normalized spacial score (nSPS) is 32.5. The van der Waals surface area contributed by atoms with Gasteiger partial charge in [-0.05, 0) is 18.9 Å². The van der Waals surface area contributed by atoms with Gasteiger partial charge in [0.25, 0.3) is 0 Å². The van der Waals surface area contributed by atoms with E-state index >= 15 is 0 Å². The molecule has 20 heavy (non-hydrogen) atoms. The molecule has 1 heterocycles. The molecule has 1 fully saturated rings. The molecule has 4 N–H and O–H groups in total. The van der Waals surface area contributed by atoms with Crippen LogP contribution in [0.2, 0.25) is 0 Å². The fourth-order valence-corrected chi connectivity index (χ4v) is 3.19. The third-order valence-corrected chi connectivity index (χ3v) is 4.25. The highest BCUT2D eigenvalue weighted by Gasteiger charge is 2.48. The van der Waals surface area contributed by atoms with Crippen molar-refractivity contribution in [3.8, 4) is 0 Å². The van der Waals surface area contributed by atoms with Crippen molar-refractivity contribution >= 4 is 0 Å². The summed E-state index contributed by atoms with van der Waals surface area (Å²) >= 11 is 0. The number of hydrogen-bond acceptors (Lipinski definition) is 5. The highest BCUT2D eigenvalue weighted by atomic mass is 16.3. The second kappa shape index (κ2) is 6.65. The SMILES string of the molecule is C[C@H](c1ccccc1)N1[C@H](CCO)[C@H](O)[C@@H](O)[C@@H]1CO. The standard InChI is InChI=1S/C15H23NO4/c1-10(11-5-3-2-4-6-11)16-12(7-8-17)14(19)15(20)13(16)9-18/h2-6,10,12-15,17-20H,7-9H2,1H3/t10-,12-,13+,14+,15+/m1/s1. The summed E-state index contributed by atoms with van der Waals surface area (Å²) in [7, 11) is 0. The first kappa shape index (κ1) is 15.4. The molecule has 0 saturated carbocycles. The Morgan fingerprint density at radius 2 is 1.65 bits per heavy atom. The Hall–Kier alpha value is -0.980. The second-order valence-electron chi connectivity index (χ2n) is 5.34. The van der Waals surface area contributed by atoms with Crippen LogP contribution >= 0.6 is 0 Å². The molecular weight excluding hydrogens is 258 g/mol. The van der Waals surface area contributed by atoms with Crippen molar-refractivity contribution in [1.29, 1.82) is 0 Å². The molecular formula is C15H23NO4. The molecule has 1 aliphatic rings. The van der Waals surface area contributed by atoms with Gasteiger partial charge in [-0.25, -0.2) is 0 Å². The molecule has 1 aliphatic heterocycles. The van der Waals surface area contributed by atoms with E-state index in [0.717, 1.165) is 5.56 Å². The van der Waals surface area contributed by atoms with E-state index < -0.39 is 18.2 Å². The van der Waals surface area contributed by atoms with Gasteiger partial charge in [0.2, 0.25) is 0 Å². The lowest BCUT2D eigenvalue weighted by atomic mass is 10.0. The summed E-state index contributed by atoms with van der Waals surface area (Å²) in [6, 6.07) is 8.82. The van der Waals surface area contributed by atoms with Gasteiger partial charge in [-0.15, -0.1) is 0 Å². The molecule has 0 amide bonds. The maximum atomic E-state index is 10.1. The molecule has 1 aromatic rings. The van der Waals surface area contributed by atoms with Crippen molar-refractivity contribution in [3.05, 3.63) is 35.9 Å². The van der Waals surface area contributed by atoms with E-state index in [-0.39, 0.29) is 25.3 Å².